The average Bonchev–Trinajstić information content (AvgIpc) is 2.97. The van der Waals surface area contributed by atoms with E-state index in [4.69, 9.17) is 0 Å². The fourth-order valence-electron chi connectivity index (χ4n) is 5.05. The van der Waals surface area contributed by atoms with Crippen LogP contribution in [0.2, 0.25) is 0 Å². The van der Waals surface area contributed by atoms with Gasteiger partial charge in [-0.2, -0.15) is 0 Å². The molecule has 0 atom stereocenters. The van der Waals surface area contributed by atoms with E-state index in [1.807, 2.05) is 41.3 Å². The Labute approximate surface area is 241 Å². The molecule has 1 amide bonds. The maximum Gasteiger partial charge on any atom is 0.246 e. The van der Waals surface area contributed by atoms with Crippen molar-refractivity contribution in [1.82, 2.24) is 20.0 Å². The van der Waals surface area contributed by atoms with Crippen molar-refractivity contribution in [3.63, 3.8) is 0 Å². The Morgan fingerprint density at radius 2 is 1.65 bits per heavy atom. The zero-order chi connectivity index (χ0) is 28.2. The maximum absolute atomic E-state index is 13.4. The standard InChI is InChI=1S/C35H46N4O/c1-29(2)26-36-27-31-13-16-33(17-14-31)34-12-7-11-32(25-34)28-39(20-8-19-38-23-21-37(3)22-24-38)35(40)18-15-30-9-5-4-6-10-30/h4-7,9-18,25,29,36H,8,19-24,26-28H2,1-3H3/b18-15+. The summed E-state index contributed by atoms with van der Waals surface area (Å²) in [6.07, 6.45) is 4.62. The van der Waals surface area contributed by atoms with Gasteiger partial charge in [0.2, 0.25) is 5.91 Å². The third kappa shape index (κ3) is 9.74. The van der Waals surface area contributed by atoms with E-state index in [-0.39, 0.29) is 5.91 Å². The molecule has 1 aliphatic heterocycles. The van der Waals surface area contributed by atoms with Crippen molar-refractivity contribution in [2.45, 2.75) is 33.4 Å². The van der Waals surface area contributed by atoms with Crippen LogP contribution in [0, 0.1) is 5.92 Å². The van der Waals surface area contributed by atoms with Crippen LogP contribution in [-0.4, -0.2) is 73.5 Å². The molecular weight excluding hydrogens is 492 g/mol. The summed E-state index contributed by atoms with van der Waals surface area (Å²) in [6, 6.07) is 27.5. The van der Waals surface area contributed by atoms with Crippen LogP contribution in [0.15, 0.2) is 84.9 Å². The quantitative estimate of drug-likeness (QED) is 0.280. The van der Waals surface area contributed by atoms with Gasteiger partial charge in [0.15, 0.2) is 0 Å². The van der Waals surface area contributed by atoms with Gasteiger partial charge in [-0.15, -0.1) is 0 Å². The van der Waals surface area contributed by atoms with Gasteiger partial charge < -0.3 is 20.0 Å². The number of nitrogens with zero attached hydrogens (tertiary/aromatic N) is 3. The molecule has 3 aromatic carbocycles. The van der Waals surface area contributed by atoms with Gasteiger partial charge >= 0.3 is 0 Å². The van der Waals surface area contributed by atoms with E-state index < -0.39 is 0 Å². The number of rotatable bonds is 13. The Hall–Kier alpha value is -3.25. The van der Waals surface area contributed by atoms with Crippen LogP contribution < -0.4 is 5.32 Å². The summed E-state index contributed by atoms with van der Waals surface area (Å²) < 4.78 is 0. The second-order valence-electron chi connectivity index (χ2n) is 11.4. The van der Waals surface area contributed by atoms with Gasteiger partial charge in [0.25, 0.3) is 0 Å². The van der Waals surface area contributed by atoms with Crippen molar-refractivity contribution in [3.05, 3.63) is 102 Å². The van der Waals surface area contributed by atoms with Gasteiger partial charge in [-0.3, -0.25) is 4.79 Å². The lowest BCUT2D eigenvalue weighted by Gasteiger charge is -2.33. The zero-order valence-electron chi connectivity index (χ0n) is 24.6. The number of hydrogen-bond acceptors (Lipinski definition) is 4. The zero-order valence-corrected chi connectivity index (χ0v) is 24.6. The lowest BCUT2D eigenvalue weighted by atomic mass is 10.0. The van der Waals surface area contributed by atoms with E-state index in [9.17, 15) is 4.79 Å². The first-order chi connectivity index (χ1) is 19.5. The van der Waals surface area contributed by atoms with Gasteiger partial charge in [-0.05, 0) is 72.4 Å². The molecule has 5 nitrogen and oxygen atoms in total. The largest absolute Gasteiger partial charge is 0.335 e. The van der Waals surface area contributed by atoms with Crippen molar-refractivity contribution in [3.8, 4) is 11.1 Å². The number of nitrogens with one attached hydrogen (secondary N) is 1. The highest BCUT2D eigenvalue weighted by Crippen LogP contribution is 2.22. The van der Waals surface area contributed by atoms with Crippen LogP contribution >= 0.6 is 0 Å². The molecule has 0 radical (unpaired) electrons. The first-order valence-corrected chi connectivity index (χ1v) is 14.8. The monoisotopic (exact) mass is 538 g/mol. The predicted octanol–water partition coefficient (Wildman–Crippen LogP) is 5.78. The summed E-state index contributed by atoms with van der Waals surface area (Å²) in [5.41, 5.74) is 5.87. The van der Waals surface area contributed by atoms with Crippen LogP contribution in [0.5, 0.6) is 0 Å². The molecule has 0 aliphatic carbocycles. The van der Waals surface area contributed by atoms with Crippen molar-refractivity contribution in [1.29, 1.82) is 0 Å². The molecule has 0 spiro atoms. The Balaban J connectivity index is 1.41. The Morgan fingerprint density at radius 1 is 0.900 bits per heavy atom. The van der Waals surface area contributed by atoms with E-state index in [2.05, 4.69) is 84.5 Å². The normalized spacial score (nSPS) is 14.7. The van der Waals surface area contributed by atoms with Gasteiger partial charge in [0.05, 0.1) is 0 Å². The topological polar surface area (TPSA) is 38.8 Å². The summed E-state index contributed by atoms with van der Waals surface area (Å²) >= 11 is 0. The first-order valence-electron chi connectivity index (χ1n) is 14.8. The summed E-state index contributed by atoms with van der Waals surface area (Å²) in [5.74, 6) is 0.708. The molecular formula is C35H46N4O. The number of carbonyl (C=O) groups is 1. The number of benzene rings is 3. The predicted molar refractivity (Wildman–Crippen MR) is 168 cm³/mol. The van der Waals surface area contributed by atoms with Crippen molar-refractivity contribution < 1.29 is 4.79 Å². The van der Waals surface area contributed by atoms with Crippen molar-refractivity contribution >= 4 is 12.0 Å². The van der Waals surface area contributed by atoms with Crippen LogP contribution in [0.4, 0.5) is 0 Å². The van der Waals surface area contributed by atoms with E-state index in [1.54, 1.807) is 6.08 Å². The van der Waals surface area contributed by atoms with Crippen LogP contribution in [-0.2, 0) is 17.9 Å². The first kappa shape index (κ1) is 29.7. The summed E-state index contributed by atoms with van der Waals surface area (Å²) in [6.45, 7) is 13.2. The Bertz CT molecular complexity index is 1200. The minimum atomic E-state index is 0.0610. The third-order valence-corrected chi connectivity index (χ3v) is 7.50. The Morgan fingerprint density at radius 3 is 2.38 bits per heavy atom. The fraction of sp³-hybridized carbons (Fsp3) is 0.400. The molecule has 1 N–H and O–H groups in total. The van der Waals surface area contributed by atoms with E-state index in [0.29, 0.717) is 12.5 Å². The second-order valence-corrected chi connectivity index (χ2v) is 11.4. The molecule has 1 heterocycles. The van der Waals surface area contributed by atoms with E-state index in [1.165, 1.54) is 16.7 Å². The molecule has 0 saturated carbocycles. The molecule has 3 aromatic rings. The molecule has 1 saturated heterocycles. The molecule has 40 heavy (non-hydrogen) atoms. The van der Waals surface area contributed by atoms with Crippen LogP contribution in [0.25, 0.3) is 17.2 Å². The molecule has 5 heteroatoms. The number of piperazine rings is 1. The molecule has 1 fully saturated rings. The summed E-state index contributed by atoms with van der Waals surface area (Å²) in [5, 5.41) is 3.51. The van der Waals surface area contributed by atoms with Gasteiger partial charge in [0, 0.05) is 51.9 Å². The van der Waals surface area contributed by atoms with E-state index >= 15 is 0 Å². The number of likely N-dealkylation sites (N-methyl/N-ethyl adjacent to an activating group) is 1. The fourth-order valence-corrected chi connectivity index (χ4v) is 5.05. The lowest BCUT2D eigenvalue weighted by molar-refractivity contribution is -0.126. The molecule has 1 aliphatic rings. The second kappa shape index (κ2) is 15.5. The number of amides is 1. The molecule has 0 aromatic heterocycles. The number of hydrogen-bond donors (Lipinski definition) is 1. The van der Waals surface area contributed by atoms with E-state index in [0.717, 1.165) is 69.9 Å². The SMILES string of the molecule is CC(C)CNCc1ccc(-c2cccc(CN(CCCN3CCN(C)CC3)C(=O)/C=C/c3ccccc3)c2)cc1. The summed E-state index contributed by atoms with van der Waals surface area (Å²) in [7, 11) is 2.19. The van der Waals surface area contributed by atoms with Gasteiger partial charge in [0.1, 0.15) is 0 Å². The molecule has 0 bridgehead atoms. The highest BCUT2D eigenvalue weighted by molar-refractivity contribution is 5.91. The number of carbonyl (C=O) groups excluding carboxylic acids is 1. The van der Waals surface area contributed by atoms with Crippen molar-refractivity contribution in [2.75, 3.05) is 52.9 Å². The van der Waals surface area contributed by atoms with Crippen LogP contribution in [0.3, 0.4) is 0 Å². The van der Waals surface area contributed by atoms with Gasteiger partial charge in [-0.25, -0.2) is 0 Å². The Kier molecular flexibility index (Phi) is 11.5. The minimum Gasteiger partial charge on any atom is -0.335 e. The molecule has 0 unspecified atom stereocenters. The maximum atomic E-state index is 13.4. The highest BCUT2D eigenvalue weighted by atomic mass is 16.2. The summed E-state index contributed by atoms with van der Waals surface area (Å²) in [4.78, 5) is 20.3. The average molecular weight is 539 g/mol. The van der Waals surface area contributed by atoms with Crippen LogP contribution in [0.1, 0.15) is 37.0 Å². The van der Waals surface area contributed by atoms with Crippen molar-refractivity contribution in [2.24, 2.45) is 5.92 Å². The smallest absolute Gasteiger partial charge is 0.246 e. The third-order valence-electron chi connectivity index (χ3n) is 7.50. The lowest BCUT2D eigenvalue weighted by Crippen LogP contribution is -2.45. The minimum absolute atomic E-state index is 0.0610. The molecule has 4 rings (SSSR count). The molecule has 212 valence electrons. The van der Waals surface area contributed by atoms with Gasteiger partial charge in [-0.1, -0.05) is 86.6 Å². The highest BCUT2D eigenvalue weighted by Gasteiger charge is 2.16.